The van der Waals surface area contributed by atoms with E-state index in [2.05, 4.69) is 31.2 Å². The smallest absolute Gasteiger partial charge is 0.252 e. The summed E-state index contributed by atoms with van der Waals surface area (Å²) in [6.07, 6.45) is 2.88. The van der Waals surface area contributed by atoms with Crippen molar-refractivity contribution in [3.63, 3.8) is 0 Å². The fourth-order valence-corrected chi connectivity index (χ4v) is 3.41. The van der Waals surface area contributed by atoms with Crippen molar-refractivity contribution in [3.05, 3.63) is 56.8 Å². The molecule has 0 aliphatic carbocycles. The van der Waals surface area contributed by atoms with Crippen LogP contribution in [0.1, 0.15) is 34.6 Å². The minimum Gasteiger partial charge on any atom is -0.344 e. The maximum absolute atomic E-state index is 13.6. The van der Waals surface area contributed by atoms with Crippen LogP contribution in [0.15, 0.2) is 29.0 Å². The molecule has 0 aliphatic rings. The minimum absolute atomic E-state index is 0.266. The van der Waals surface area contributed by atoms with Gasteiger partial charge in [0, 0.05) is 32.4 Å². The number of pyridine rings is 2. The van der Waals surface area contributed by atoms with Crippen molar-refractivity contribution in [1.82, 2.24) is 15.3 Å². The lowest BCUT2D eigenvalue weighted by Gasteiger charge is -2.16. The lowest BCUT2D eigenvalue weighted by molar-refractivity contribution is 0.0937. The normalized spacial score (nSPS) is 12.0. The molecule has 1 atom stereocenters. The predicted octanol–water partition coefficient (Wildman–Crippen LogP) is 4.46. The highest BCUT2D eigenvalue weighted by Crippen LogP contribution is 2.24. The number of hydrogen-bond acceptors (Lipinski definition) is 3. The summed E-state index contributed by atoms with van der Waals surface area (Å²) in [6, 6.07) is 2.79. The van der Waals surface area contributed by atoms with E-state index in [4.69, 9.17) is 11.6 Å². The molecule has 0 saturated heterocycles. The third kappa shape index (κ3) is 3.94. The number of nitrogens with one attached hydrogen (secondary N) is 1. The summed E-state index contributed by atoms with van der Waals surface area (Å²) in [7, 11) is 0. The molecule has 0 spiro atoms. The number of rotatable bonds is 4. The number of alkyl halides is 1. The molecule has 2 aromatic rings. The summed E-state index contributed by atoms with van der Waals surface area (Å²) in [5.74, 6) is -1.02. The van der Waals surface area contributed by atoms with E-state index < -0.39 is 12.0 Å². The van der Waals surface area contributed by atoms with Crippen molar-refractivity contribution in [1.29, 1.82) is 0 Å². The molecular weight excluding hydrogens is 487 g/mol. The zero-order valence-corrected chi connectivity index (χ0v) is 15.9. The van der Waals surface area contributed by atoms with Crippen LogP contribution in [0, 0.1) is 5.95 Å². The second kappa shape index (κ2) is 7.65. The standard InChI is InChI=1S/C14H11BrClFIN3O/c1-7(12-11(16)4-8(15)6-20-12)21-14(22)9-2-3-19-13(17)10(9)5-18/h2-4,6-7H,5H2,1H3,(H,21,22). The molecule has 0 saturated carbocycles. The van der Waals surface area contributed by atoms with Crippen molar-refractivity contribution in [2.45, 2.75) is 17.4 Å². The second-order valence-electron chi connectivity index (χ2n) is 4.48. The maximum Gasteiger partial charge on any atom is 0.252 e. The van der Waals surface area contributed by atoms with Crippen LogP contribution in [0.3, 0.4) is 0 Å². The molecule has 2 heterocycles. The fourth-order valence-electron chi connectivity index (χ4n) is 1.89. The van der Waals surface area contributed by atoms with Gasteiger partial charge in [-0.2, -0.15) is 4.39 Å². The van der Waals surface area contributed by atoms with Gasteiger partial charge in [0.15, 0.2) is 0 Å². The van der Waals surface area contributed by atoms with Crippen LogP contribution in [0.4, 0.5) is 4.39 Å². The molecule has 0 radical (unpaired) electrons. The average Bonchev–Trinajstić information content (AvgIpc) is 2.46. The molecule has 8 heteroatoms. The van der Waals surface area contributed by atoms with Gasteiger partial charge in [-0.05, 0) is 35.0 Å². The molecule has 2 rings (SSSR count). The van der Waals surface area contributed by atoms with Crippen LogP contribution >= 0.6 is 50.1 Å². The first-order valence-corrected chi connectivity index (χ1v) is 8.94. The highest BCUT2D eigenvalue weighted by molar-refractivity contribution is 14.1. The Morgan fingerprint density at radius 3 is 2.91 bits per heavy atom. The summed E-state index contributed by atoms with van der Waals surface area (Å²) in [4.78, 5) is 20.1. The largest absolute Gasteiger partial charge is 0.344 e. The van der Waals surface area contributed by atoms with Crippen molar-refractivity contribution < 1.29 is 9.18 Å². The SMILES string of the molecule is CC(NC(=O)c1ccnc(F)c1CI)c1ncc(Br)cc1Cl. The molecule has 116 valence electrons. The monoisotopic (exact) mass is 497 g/mol. The van der Waals surface area contributed by atoms with E-state index in [1.54, 1.807) is 19.2 Å². The fraction of sp³-hybridized carbons (Fsp3) is 0.214. The molecule has 0 fully saturated rings. The van der Waals surface area contributed by atoms with Gasteiger partial charge >= 0.3 is 0 Å². The highest BCUT2D eigenvalue weighted by atomic mass is 127. The predicted molar refractivity (Wildman–Crippen MR) is 94.7 cm³/mol. The molecular formula is C14H11BrClFIN3O. The first kappa shape index (κ1) is 17.6. The van der Waals surface area contributed by atoms with Crippen molar-refractivity contribution in [2.75, 3.05) is 0 Å². The van der Waals surface area contributed by atoms with Gasteiger partial charge in [-0.1, -0.05) is 34.2 Å². The van der Waals surface area contributed by atoms with Crippen LogP contribution in [-0.4, -0.2) is 15.9 Å². The number of hydrogen-bond donors (Lipinski definition) is 1. The number of nitrogens with zero attached hydrogens (tertiary/aromatic N) is 2. The quantitative estimate of drug-likeness (QED) is 0.385. The number of carbonyl (C=O) groups is 1. The number of carbonyl (C=O) groups excluding carboxylic acids is 1. The van der Waals surface area contributed by atoms with Gasteiger partial charge in [0.25, 0.3) is 5.91 Å². The van der Waals surface area contributed by atoms with Crippen molar-refractivity contribution >= 4 is 56.0 Å². The van der Waals surface area contributed by atoms with Gasteiger partial charge < -0.3 is 5.32 Å². The Balaban J connectivity index is 2.23. The topological polar surface area (TPSA) is 54.9 Å². The molecule has 0 bridgehead atoms. The zero-order chi connectivity index (χ0) is 16.3. The van der Waals surface area contributed by atoms with Gasteiger partial charge in [-0.25, -0.2) is 4.98 Å². The van der Waals surface area contributed by atoms with E-state index >= 15 is 0 Å². The van der Waals surface area contributed by atoms with E-state index in [1.165, 1.54) is 12.3 Å². The number of amides is 1. The third-order valence-electron chi connectivity index (χ3n) is 2.98. The van der Waals surface area contributed by atoms with E-state index in [1.807, 2.05) is 22.6 Å². The zero-order valence-electron chi connectivity index (χ0n) is 11.4. The van der Waals surface area contributed by atoms with Gasteiger partial charge in [0.1, 0.15) is 0 Å². The third-order valence-corrected chi connectivity index (χ3v) is 4.47. The minimum atomic E-state index is -0.630. The van der Waals surface area contributed by atoms with Gasteiger partial charge in [-0.3, -0.25) is 9.78 Å². The van der Waals surface area contributed by atoms with Crippen LogP contribution in [0.25, 0.3) is 0 Å². The summed E-state index contributed by atoms with van der Waals surface area (Å²) < 4.78 is 14.8. The van der Waals surface area contributed by atoms with E-state index in [9.17, 15) is 9.18 Å². The summed E-state index contributed by atoms with van der Waals surface area (Å²) in [6.45, 7) is 1.77. The number of aromatic nitrogens is 2. The summed E-state index contributed by atoms with van der Waals surface area (Å²) in [5, 5.41) is 3.22. The Morgan fingerprint density at radius 2 is 2.27 bits per heavy atom. The molecule has 2 aromatic heterocycles. The molecule has 1 amide bonds. The molecule has 1 N–H and O–H groups in total. The van der Waals surface area contributed by atoms with E-state index in [-0.39, 0.29) is 17.0 Å². The Morgan fingerprint density at radius 1 is 1.55 bits per heavy atom. The lowest BCUT2D eigenvalue weighted by Crippen LogP contribution is -2.28. The molecule has 0 aliphatic heterocycles. The maximum atomic E-state index is 13.6. The Labute approximate surface area is 154 Å². The summed E-state index contributed by atoms with van der Waals surface area (Å²) in [5.41, 5.74) is 1.09. The molecule has 1 unspecified atom stereocenters. The van der Waals surface area contributed by atoms with Crippen LogP contribution in [0.2, 0.25) is 5.02 Å². The van der Waals surface area contributed by atoms with E-state index in [0.29, 0.717) is 15.1 Å². The van der Waals surface area contributed by atoms with Gasteiger partial charge in [0.05, 0.1) is 16.8 Å². The van der Waals surface area contributed by atoms with Gasteiger partial charge in [0.2, 0.25) is 5.95 Å². The first-order valence-electron chi connectivity index (χ1n) is 6.25. The Kier molecular flexibility index (Phi) is 6.10. The molecule has 4 nitrogen and oxygen atoms in total. The van der Waals surface area contributed by atoms with Crippen molar-refractivity contribution in [3.8, 4) is 0 Å². The Hall–Kier alpha value is -0.800. The number of halogens is 4. The Bertz CT molecular complexity index is 716. The van der Waals surface area contributed by atoms with Crippen molar-refractivity contribution in [2.24, 2.45) is 0 Å². The lowest BCUT2D eigenvalue weighted by atomic mass is 10.1. The summed E-state index contributed by atoms with van der Waals surface area (Å²) >= 11 is 11.4. The molecule has 0 aromatic carbocycles. The second-order valence-corrected chi connectivity index (χ2v) is 6.56. The van der Waals surface area contributed by atoms with Gasteiger partial charge in [-0.15, -0.1) is 0 Å². The molecule has 22 heavy (non-hydrogen) atoms. The highest BCUT2D eigenvalue weighted by Gasteiger charge is 2.19. The first-order chi connectivity index (χ1) is 10.4. The van der Waals surface area contributed by atoms with Crippen LogP contribution in [-0.2, 0) is 4.43 Å². The van der Waals surface area contributed by atoms with E-state index in [0.717, 1.165) is 4.47 Å². The van der Waals surface area contributed by atoms with Crippen LogP contribution < -0.4 is 5.32 Å². The van der Waals surface area contributed by atoms with Crippen LogP contribution in [0.5, 0.6) is 0 Å². The average molecular weight is 499 g/mol.